The zero-order valence-corrected chi connectivity index (χ0v) is 20.3. The van der Waals surface area contributed by atoms with Gasteiger partial charge in [-0.15, -0.1) is 0 Å². The van der Waals surface area contributed by atoms with Crippen molar-refractivity contribution in [2.75, 3.05) is 13.7 Å². The van der Waals surface area contributed by atoms with Crippen molar-refractivity contribution in [1.29, 1.82) is 0 Å². The van der Waals surface area contributed by atoms with Crippen molar-refractivity contribution < 1.29 is 38.1 Å². The quantitative estimate of drug-likeness (QED) is 0.203. The Morgan fingerprint density at radius 3 is 2.13 bits per heavy atom. The number of halogens is 2. The van der Waals surface area contributed by atoms with Crippen LogP contribution in [0.1, 0.15) is 31.8 Å². The van der Waals surface area contributed by atoms with Crippen LogP contribution in [0.5, 0.6) is 0 Å². The van der Waals surface area contributed by atoms with E-state index < -0.39 is 35.9 Å². The number of carbonyl (C=O) groups excluding carboxylic acids is 3. The molecule has 0 aliphatic heterocycles. The second-order valence-corrected chi connectivity index (χ2v) is 8.20. The number of hydroxylamine groups is 1. The third kappa shape index (κ3) is 7.97. The summed E-state index contributed by atoms with van der Waals surface area (Å²) in [6.07, 6.45) is 0. The number of hydrogen-bond acceptors (Lipinski definition) is 6. The number of hydrogen-bond donors (Lipinski definition) is 4. The van der Waals surface area contributed by atoms with E-state index in [0.29, 0.717) is 26.1 Å². The summed E-state index contributed by atoms with van der Waals surface area (Å²) >= 11 is 0. The molecule has 3 rings (SSSR count). The molecule has 194 valence electrons. The minimum atomic E-state index is -0.738. The predicted molar refractivity (Wildman–Crippen MR) is 136 cm³/mol. The van der Waals surface area contributed by atoms with Crippen LogP contribution in [-0.4, -0.2) is 61.3 Å². The maximum absolute atomic E-state index is 14.0. The Morgan fingerprint density at radius 1 is 0.895 bits per heavy atom. The second-order valence-electron chi connectivity index (χ2n) is 8.20. The van der Waals surface area contributed by atoms with Gasteiger partial charge in [-0.3, -0.25) is 19.2 Å². The van der Waals surface area contributed by atoms with Gasteiger partial charge in [-0.1, -0.05) is 47.3 Å². The van der Waals surface area contributed by atoms with Crippen LogP contribution in [0, 0.1) is 11.6 Å². The summed E-state index contributed by atoms with van der Waals surface area (Å²) in [5.74, 6) is -3.26. The van der Waals surface area contributed by atoms with E-state index in [2.05, 4.69) is 15.6 Å². The van der Waals surface area contributed by atoms with Crippen molar-refractivity contribution in [2.24, 2.45) is 0 Å². The molecule has 13 heteroatoms. The maximum Gasteiger partial charge on any atom is 0.326 e. The molecule has 9 nitrogen and oxygen atoms in total. The molecule has 3 amide bonds. The number of carbonyl (C=O) groups is 3. The highest BCUT2D eigenvalue weighted by atomic mass is 19.1. The first-order chi connectivity index (χ1) is 18.2. The first kappa shape index (κ1) is 28.5. The molecule has 0 saturated carbocycles. The van der Waals surface area contributed by atoms with Gasteiger partial charge in [0.1, 0.15) is 18.2 Å². The predicted octanol–water partition coefficient (Wildman–Crippen LogP) is -0.312. The second kappa shape index (κ2) is 13.5. The van der Waals surface area contributed by atoms with Crippen molar-refractivity contribution in [3.63, 3.8) is 0 Å². The molecule has 3 aromatic rings. The molecule has 0 fully saturated rings. The third-order valence-corrected chi connectivity index (χ3v) is 5.30. The molecule has 0 atom stereocenters. The standard InChI is InChI=1S/C25H23B2F2N3O6/c1-38-31-23(33)14-32(25(35)18-7-20(27-37)11-22(29)9-18)13-16-4-2-3-15(5-16)12-30-24(34)17-6-19(26-36)10-21(28)8-17/h2-11,36-37H,12-14H2,1H3,(H,30,34)(H,31,33). The van der Waals surface area contributed by atoms with Crippen molar-refractivity contribution in [3.05, 3.63) is 94.6 Å². The summed E-state index contributed by atoms with van der Waals surface area (Å²) in [4.78, 5) is 43.6. The first-order valence-corrected chi connectivity index (χ1v) is 11.3. The number of nitrogens with one attached hydrogen (secondary N) is 2. The monoisotopic (exact) mass is 521 g/mol. The van der Waals surface area contributed by atoms with Gasteiger partial charge in [-0.05, 0) is 35.4 Å². The van der Waals surface area contributed by atoms with Crippen LogP contribution in [0.3, 0.4) is 0 Å². The molecule has 0 aromatic heterocycles. The van der Waals surface area contributed by atoms with Gasteiger partial charge < -0.3 is 20.3 Å². The Morgan fingerprint density at radius 2 is 1.50 bits per heavy atom. The van der Waals surface area contributed by atoms with Crippen LogP contribution >= 0.6 is 0 Å². The fourth-order valence-electron chi connectivity index (χ4n) is 3.67. The number of benzene rings is 3. The van der Waals surface area contributed by atoms with Crippen LogP contribution in [0.2, 0.25) is 0 Å². The zero-order chi connectivity index (χ0) is 27.7. The molecule has 0 saturated heterocycles. The van der Waals surface area contributed by atoms with Gasteiger partial charge in [0.15, 0.2) is 0 Å². The molecule has 0 unspecified atom stereocenters. The highest BCUT2D eigenvalue weighted by molar-refractivity contribution is 6.46. The smallest absolute Gasteiger partial charge is 0.326 e. The van der Waals surface area contributed by atoms with E-state index in [1.165, 1.54) is 24.1 Å². The van der Waals surface area contributed by atoms with Crippen LogP contribution < -0.4 is 21.7 Å². The summed E-state index contributed by atoms with van der Waals surface area (Å²) in [6, 6.07) is 13.6. The van der Waals surface area contributed by atoms with E-state index in [1.54, 1.807) is 24.3 Å². The lowest BCUT2D eigenvalue weighted by atomic mass is 9.87. The SMILES string of the molecule is CONC(=O)CN(Cc1cccc(CNC(=O)c2cc(F)cc([B]O)c2)c1)C(=O)c1cc(F)cc([B]O)c1. The van der Waals surface area contributed by atoms with Crippen LogP contribution in [0.15, 0.2) is 60.7 Å². The Bertz CT molecular complexity index is 1330. The Balaban J connectivity index is 1.77. The Labute approximate surface area is 218 Å². The van der Waals surface area contributed by atoms with Gasteiger partial charge >= 0.3 is 15.0 Å². The average Bonchev–Trinajstić information content (AvgIpc) is 2.90. The fraction of sp³-hybridized carbons (Fsp3) is 0.160. The summed E-state index contributed by atoms with van der Waals surface area (Å²) in [5.41, 5.74) is 3.55. The van der Waals surface area contributed by atoms with Gasteiger partial charge in [-0.2, -0.15) is 0 Å². The van der Waals surface area contributed by atoms with Crippen LogP contribution in [0.4, 0.5) is 8.78 Å². The van der Waals surface area contributed by atoms with Gasteiger partial charge in [0.25, 0.3) is 17.7 Å². The molecule has 0 heterocycles. The number of nitrogens with zero attached hydrogens (tertiary/aromatic N) is 1. The maximum atomic E-state index is 14.0. The highest BCUT2D eigenvalue weighted by Crippen LogP contribution is 2.13. The molecule has 3 aromatic carbocycles. The van der Waals surface area contributed by atoms with Crippen molar-refractivity contribution in [2.45, 2.75) is 13.1 Å². The van der Waals surface area contributed by atoms with E-state index in [-0.39, 0.29) is 35.1 Å². The van der Waals surface area contributed by atoms with Crippen LogP contribution in [-0.2, 0) is 22.7 Å². The molecule has 4 N–H and O–H groups in total. The average molecular weight is 521 g/mol. The van der Waals surface area contributed by atoms with Gasteiger partial charge in [0, 0.05) is 24.2 Å². The molecule has 38 heavy (non-hydrogen) atoms. The Kier molecular flexibility index (Phi) is 10.1. The molecular weight excluding hydrogens is 498 g/mol. The van der Waals surface area contributed by atoms with Crippen molar-refractivity contribution in [1.82, 2.24) is 15.7 Å². The lowest BCUT2D eigenvalue weighted by molar-refractivity contribution is -0.132. The minimum absolute atomic E-state index is 0.0250. The minimum Gasteiger partial charge on any atom is -0.450 e. The van der Waals surface area contributed by atoms with Crippen LogP contribution in [0.25, 0.3) is 0 Å². The molecule has 0 aliphatic rings. The fourth-order valence-corrected chi connectivity index (χ4v) is 3.67. The summed E-state index contributed by atoms with van der Waals surface area (Å²) in [5, 5.41) is 21.0. The van der Waals surface area contributed by atoms with Gasteiger partial charge in [0.2, 0.25) is 0 Å². The molecule has 0 aliphatic carbocycles. The topological polar surface area (TPSA) is 128 Å². The Hall–Kier alpha value is -4.06. The van der Waals surface area contributed by atoms with E-state index in [4.69, 9.17) is 5.02 Å². The largest absolute Gasteiger partial charge is 0.450 e. The van der Waals surface area contributed by atoms with E-state index in [1.807, 2.05) is 0 Å². The molecule has 0 bridgehead atoms. The lowest BCUT2D eigenvalue weighted by Gasteiger charge is -2.23. The molecule has 0 spiro atoms. The van der Waals surface area contributed by atoms with E-state index >= 15 is 0 Å². The third-order valence-electron chi connectivity index (χ3n) is 5.30. The number of rotatable bonds is 11. The summed E-state index contributed by atoms with van der Waals surface area (Å²) < 4.78 is 27.7. The summed E-state index contributed by atoms with van der Waals surface area (Å²) in [6.45, 7) is -0.392. The lowest BCUT2D eigenvalue weighted by Crippen LogP contribution is -2.40. The molecular formula is C25H23B2F2N3O6. The normalized spacial score (nSPS) is 10.4. The highest BCUT2D eigenvalue weighted by Gasteiger charge is 2.21. The van der Waals surface area contributed by atoms with E-state index in [9.17, 15) is 28.2 Å². The molecule has 2 radical (unpaired) electrons. The summed E-state index contributed by atoms with van der Waals surface area (Å²) in [7, 11) is 2.59. The van der Waals surface area contributed by atoms with Gasteiger partial charge in [0.05, 0.1) is 7.11 Å². The van der Waals surface area contributed by atoms with Crippen molar-refractivity contribution >= 4 is 43.6 Å². The van der Waals surface area contributed by atoms with Gasteiger partial charge in [-0.25, -0.2) is 14.3 Å². The zero-order valence-electron chi connectivity index (χ0n) is 20.3. The van der Waals surface area contributed by atoms with E-state index in [0.717, 1.165) is 24.3 Å². The number of amides is 3. The van der Waals surface area contributed by atoms with Crippen molar-refractivity contribution in [3.8, 4) is 0 Å². The first-order valence-electron chi connectivity index (χ1n) is 11.3.